The van der Waals surface area contributed by atoms with Gasteiger partial charge in [-0.2, -0.15) is 5.10 Å². The highest BCUT2D eigenvalue weighted by Crippen LogP contribution is 2.40. The van der Waals surface area contributed by atoms with Crippen molar-refractivity contribution in [2.24, 2.45) is 0 Å². The molecule has 2 heterocycles. The normalized spacial score (nSPS) is 13.5. The number of anilines is 1. The van der Waals surface area contributed by atoms with Crippen LogP contribution in [0.15, 0.2) is 60.7 Å². The molecule has 0 aliphatic heterocycles. The van der Waals surface area contributed by atoms with Gasteiger partial charge in [-0.3, -0.25) is 4.79 Å². The predicted molar refractivity (Wildman–Crippen MR) is 119 cm³/mol. The summed E-state index contributed by atoms with van der Waals surface area (Å²) < 4.78 is 1.85. The lowest BCUT2D eigenvalue weighted by Crippen LogP contribution is -2.15. The second-order valence-electron chi connectivity index (χ2n) is 7.87. The Bertz CT molecular complexity index is 1240. The van der Waals surface area contributed by atoms with Crippen LogP contribution in [0.4, 0.5) is 5.69 Å². The summed E-state index contributed by atoms with van der Waals surface area (Å²) in [6.07, 6.45) is 3.11. The van der Waals surface area contributed by atoms with Crippen LogP contribution in [-0.4, -0.2) is 20.7 Å². The Balaban J connectivity index is 1.66. The van der Waals surface area contributed by atoms with Crippen molar-refractivity contribution >= 4 is 22.6 Å². The van der Waals surface area contributed by atoms with E-state index in [1.807, 2.05) is 72.3 Å². The summed E-state index contributed by atoms with van der Waals surface area (Å²) in [4.78, 5) is 18.4. The van der Waals surface area contributed by atoms with E-state index in [-0.39, 0.29) is 5.91 Å². The minimum atomic E-state index is -0.110. The maximum absolute atomic E-state index is 13.4. The number of aromatic nitrogens is 3. The lowest BCUT2D eigenvalue weighted by atomic mass is 10.1. The van der Waals surface area contributed by atoms with Crippen molar-refractivity contribution in [2.45, 2.75) is 39.0 Å². The third-order valence-electron chi connectivity index (χ3n) is 5.72. The zero-order valence-corrected chi connectivity index (χ0v) is 17.2. The first-order valence-corrected chi connectivity index (χ1v) is 10.5. The smallest absolute Gasteiger partial charge is 0.256 e. The largest absolute Gasteiger partial charge is 0.322 e. The van der Waals surface area contributed by atoms with Crippen LogP contribution in [0.5, 0.6) is 0 Å². The highest BCUT2D eigenvalue weighted by molar-refractivity contribution is 6.13. The Kier molecular flexibility index (Phi) is 4.58. The Labute approximate surface area is 175 Å². The number of carbonyl (C=O) groups is 1. The van der Waals surface area contributed by atoms with E-state index in [4.69, 9.17) is 10.1 Å². The van der Waals surface area contributed by atoms with Crippen molar-refractivity contribution in [3.63, 3.8) is 0 Å². The van der Waals surface area contributed by atoms with Gasteiger partial charge in [-0.05, 0) is 56.0 Å². The van der Waals surface area contributed by atoms with E-state index in [1.165, 1.54) is 0 Å². The van der Waals surface area contributed by atoms with Crippen molar-refractivity contribution in [3.8, 4) is 5.69 Å². The predicted octanol–water partition coefficient (Wildman–Crippen LogP) is 5.42. The number of nitrogens with zero attached hydrogens (tertiary/aromatic N) is 3. The molecule has 5 rings (SSSR count). The number of para-hydroxylation sites is 2. The maximum Gasteiger partial charge on any atom is 0.256 e. The van der Waals surface area contributed by atoms with Crippen LogP contribution >= 0.6 is 0 Å². The second kappa shape index (κ2) is 7.41. The SMILES string of the molecule is CCc1ccccc1NC(=O)c1cc(C2CC2)nc2c1c(C)nn2-c1ccccc1. The highest BCUT2D eigenvalue weighted by atomic mass is 16.1. The van der Waals surface area contributed by atoms with Gasteiger partial charge in [-0.1, -0.05) is 43.3 Å². The van der Waals surface area contributed by atoms with E-state index in [9.17, 15) is 4.79 Å². The Hall–Kier alpha value is -3.47. The average molecular weight is 396 g/mol. The minimum absolute atomic E-state index is 0.110. The van der Waals surface area contributed by atoms with Crippen LogP contribution in [0.2, 0.25) is 0 Å². The van der Waals surface area contributed by atoms with Crippen molar-refractivity contribution in [3.05, 3.63) is 83.2 Å². The number of carbonyl (C=O) groups excluding carboxylic acids is 1. The van der Waals surface area contributed by atoms with Crippen LogP contribution in [0.1, 0.15) is 53.0 Å². The van der Waals surface area contributed by atoms with Crippen LogP contribution in [0, 0.1) is 6.92 Å². The molecule has 1 N–H and O–H groups in total. The quantitative estimate of drug-likeness (QED) is 0.490. The van der Waals surface area contributed by atoms with Crippen molar-refractivity contribution < 1.29 is 4.79 Å². The van der Waals surface area contributed by atoms with Crippen molar-refractivity contribution in [1.82, 2.24) is 14.8 Å². The molecule has 2 aromatic heterocycles. The van der Waals surface area contributed by atoms with Crippen molar-refractivity contribution in [1.29, 1.82) is 0 Å². The van der Waals surface area contributed by atoms with Gasteiger partial charge in [0.25, 0.3) is 5.91 Å². The molecule has 30 heavy (non-hydrogen) atoms. The van der Waals surface area contributed by atoms with E-state index in [1.54, 1.807) is 0 Å². The first kappa shape index (κ1) is 18.6. The molecule has 0 unspecified atom stereocenters. The summed E-state index contributed by atoms with van der Waals surface area (Å²) in [5, 5.41) is 8.68. The molecule has 1 saturated carbocycles. The number of hydrogen-bond donors (Lipinski definition) is 1. The number of nitrogens with one attached hydrogen (secondary N) is 1. The van der Waals surface area contributed by atoms with E-state index in [0.717, 1.165) is 58.6 Å². The molecule has 0 atom stereocenters. The van der Waals surface area contributed by atoms with Gasteiger partial charge in [-0.25, -0.2) is 9.67 Å². The summed E-state index contributed by atoms with van der Waals surface area (Å²) in [6, 6.07) is 19.9. The molecule has 0 saturated heterocycles. The van der Waals surface area contributed by atoms with Gasteiger partial charge >= 0.3 is 0 Å². The first-order valence-electron chi connectivity index (χ1n) is 10.5. The third kappa shape index (κ3) is 3.26. The Morgan fingerprint density at radius 3 is 2.57 bits per heavy atom. The summed E-state index contributed by atoms with van der Waals surface area (Å²) >= 11 is 0. The Morgan fingerprint density at radius 1 is 1.10 bits per heavy atom. The van der Waals surface area contributed by atoms with Gasteiger partial charge in [0.05, 0.1) is 22.3 Å². The zero-order chi connectivity index (χ0) is 20.7. The maximum atomic E-state index is 13.4. The van der Waals surface area contributed by atoms with E-state index >= 15 is 0 Å². The summed E-state index contributed by atoms with van der Waals surface area (Å²) in [5.74, 6) is 0.323. The highest BCUT2D eigenvalue weighted by Gasteiger charge is 2.29. The zero-order valence-electron chi connectivity index (χ0n) is 17.2. The molecular formula is C25H24N4O. The van der Waals surface area contributed by atoms with Gasteiger partial charge < -0.3 is 5.32 Å². The molecule has 1 aliphatic carbocycles. The molecule has 0 spiro atoms. The molecule has 5 nitrogen and oxygen atoms in total. The standard InChI is InChI=1S/C25H24N4O/c1-3-17-9-7-8-12-21(17)27-25(30)20-15-22(18-13-14-18)26-24-23(20)16(2)28-29(24)19-10-5-4-6-11-19/h4-12,15,18H,3,13-14H2,1-2H3,(H,27,30). The monoisotopic (exact) mass is 396 g/mol. The molecule has 2 aromatic carbocycles. The van der Waals surface area contributed by atoms with Gasteiger partial charge in [0.2, 0.25) is 0 Å². The van der Waals surface area contributed by atoms with Crippen LogP contribution in [0.25, 0.3) is 16.7 Å². The number of benzene rings is 2. The summed E-state index contributed by atoms with van der Waals surface area (Å²) in [5.41, 5.74) is 6.10. The molecular weight excluding hydrogens is 372 g/mol. The molecule has 1 aliphatic rings. The molecule has 0 radical (unpaired) electrons. The van der Waals surface area contributed by atoms with E-state index in [0.29, 0.717) is 11.5 Å². The van der Waals surface area contributed by atoms with Crippen molar-refractivity contribution in [2.75, 3.05) is 5.32 Å². The van der Waals surface area contributed by atoms with Gasteiger partial charge in [0.15, 0.2) is 5.65 Å². The molecule has 150 valence electrons. The fourth-order valence-corrected chi connectivity index (χ4v) is 3.97. The molecule has 5 heteroatoms. The number of amides is 1. The van der Waals surface area contributed by atoms with Crippen LogP contribution in [-0.2, 0) is 6.42 Å². The fraction of sp³-hybridized carbons (Fsp3) is 0.240. The summed E-state index contributed by atoms with van der Waals surface area (Å²) in [7, 11) is 0. The number of aryl methyl sites for hydroxylation is 2. The minimum Gasteiger partial charge on any atom is -0.322 e. The molecule has 1 amide bonds. The second-order valence-corrected chi connectivity index (χ2v) is 7.87. The van der Waals surface area contributed by atoms with E-state index < -0.39 is 0 Å². The summed E-state index contributed by atoms with van der Waals surface area (Å²) in [6.45, 7) is 4.03. The van der Waals surface area contributed by atoms with E-state index in [2.05, 4.69) is 12.2 Å². The topological polar surface area (TPSA) is 59.8 Å². The fourth-order valence-electron chi connectivity index (χ4n) is 3.97. The van der Waals surface area contributed by atoms with Gasteiger partial charge in [-0.15, -0.1) is 0 Å². The van der Waals surface area contributed by atoms with Gasteiger partial charge in [0.1, 0.15) is 0 Å². The Morgan fingerprint density at radius 2 is 1.83 bits per heavy atom. The lowest BCUT2D eigenvalue weighted by molar-refractivity contribution is 0.102. The molecule has 0 bridgehead atoms. The van der Waals surface area contributed by atoms with Crippen LogP contribution < -0.4 is 5.32 Å². The number of pyridine rings is 1. The lowest BCUT2D eigenvalue weighted by Gasteiger charge is -2.12. The molecule has 4 aromatic rings. The molecule has 1 fully saturated rings. The number of rotatable bonds is 5. The average Bonchev–Trinajstić information content (AvgIpc) is 3.58. The third-order valence-corrected chi connectivity index (χ3v) is 5.72. The van der Waals surface area contributed by atoms with Crippen LogP contribution in [0.3, 0.4) is 0 Å². The van der Waals surface area contributed by atoms with Gasteiger partial charge in [0, 0.05) is 17.3 Å². The number of fused-ring (bicyclic) bond motifs is 1. The first-order chi connectivity index (χ1) is 14.7. The number of hydrogen-bond acceptors (Lipinski definition) is 3.